The molecule has 0 aliphatic carbocycles. The number of halogens is 1. The van der Waals surface area contributed by atoms with E-state index in [4.69, 9.17) is 0 Å². The average molecular weight is 159 g/mol. The van der Waals surface area contributed by atoms with Gasteiger partial charge in [-0.25, -0.2) is 4.39 Å². The molecule has 0 aromatic rings. The molecule has 1 saturated heterocycles. The molecule has 1 aliphatic rings. The topological polar surface area (TPSA) is 12.0 Å². The van der Waals surface area contributed by atoms with Crippen molar-refractivity contribution in [2.75, 3.05) is 13.1 Å². The predicted molar refractivity (Wildman–Crippen MR) is 45.3 cm³/mol. The lowest BCUT2D eigenvalue weighted by Crippen LogP contribution is -2.36. The molecule has 1 rings (SSSR count). The minimum atomic E-state index is -0.983. The second-order valence-corrected chi connectivity index (χ2v) is 4.00. The summed E-state index contributed by atoms with van der Waals surface area (Å²) in [6.07, 6.45) is 0.991. The third-order valence-corrected chi connectivity index (χ3v) is 2.99. The van der Waals surface area contributed by atoms with Crippen molar-refractivity contribution in [1.29, 1.82) is 0 Å². The highest BCUT2D eigenvalue weighted by atomic mass is 19.1. The van der Waals surface area contributed by atoms with Crippen molar-refractivity contribution in [3.8, 4) is 0 Å². The van der Waals surface area contributed by atoms with Gasteiger partial charge in [-0.15, -0.1) is 0 Å². The lowest BCUT2D eigenvalue weighted by Gasteiger charge is -2.30. The van der Waals surface area contributed by atoms with Crippen LogP contribution < -0.4 is 5.32 Å². The molecule has 2 heteroatoms. The van der Waals surface area contributed by atoms with Gasteiger partial charge in [0.15, 0.2) is 0 Å². The molecule has 66 valence electrons. The summed E-state index contributed by atoms with van der Waals surface area (Å²) in [5.41, 5.74) is -0.983. The molecule has 2 unspecified atom stereocenters. The molecule has 0 amide bonds. The normalized spacial score (nSPS) is 30.8. The first kappa shape index (κ1) is 8.98. The summed E-state index contributed by atoms with van der Waals surface area (Å²) in [7, 11) is 0. The largest absolute Gasteiger partial charge is 0.316 e. The van der Waals surface area contributed by atoms with Crippen LogP contribution in [0.1, 0.15) is 27.2 Å². The number of hydrogen-bond donors (Lipinski definition) is 1. The van der Waals surface area contributed by atoms with Crippen LogP contribution in [0.5, 0.6) is 0 Å². The van der Waals surface area contributed by atoms with Crippen molar-refractivity contribution in [1.82, 2.24) is 5.32 Å². The lowest BCUT2D eigenvalue weighted by atomic mass is 9.81. The van der Waals surface area contributed by atoms with Gasteiger partial charge in [-0.05, 0) is 25.8 Å². The zero-order chi connectivity index (χ0) is 8.48. The van der Waals surface area contributed by atoms with Crippen LogP contribution in [0.25, 0.3) is 0 Å². The van der Waals surface area contributed by atoms with Gasteiger partial charge in [0.25, 0.3) is 0 Å². The Morgan fingerprint density at radius 2 is 2.18 bits per heavy atom. The highest BCUT2D eigenvalue weighted by molar-refractivity contribution is 4.90. The van der Waals surface area contributed by atoms with Gasteiger partial charge >= 0.3 is 0 Å². The van der Waals surface area contributed by atoms with E-state index in [1.165, 1.54) is 0 Å². The van der Waals surface area contributed by atoms with Crippen molar-refractivity contribution in [3.63, 3.8) is 0 Å². The van der Waals surface area contributed by atoms with E-state index >= 15 is 0 Å². The molecule has 0 spiro atoms. The molecule has 0 bridgehead atoms. The fourth-order valence-electron chi connectivity index (χ4n) is 1.61. The van der Waals surface area contributed by atoms with Gasteiger partial charge in [0.1, 0.15) is 5.67 Å². The highest BCUT2D eigenvalue weighted by Crippen LogP contribution is 2.33. The Balaban J connectivity index is 2.55. The molecule has 0 radical (unpaired) electrons. The number of alkyl halides is 1. The maximum atomic E-state index is 13.9. The Kier molecular flexibility index (Phi) is 2.53. The average Bonchev–Trinajstić information content (AvgIpc) is 2.37. The lowest BCUT2D eigenvalue weighted by molar-refractivity contribution is 0.0592. The van der Waals surface area contributed by atoms with Crippen LogP contribution in [-0.2, 0) is 0 Å². The summed E-state index contributed by atoms with van der Waals surface area (Å²) < 4.78 is 13.9. The molecule has 0 aromatic carbocycles. The van der Waals surface area contributed by atoms with Crippen LogP contribution in [0.15, 0.2) is 0 Å². The van der Waals surface area contributed by atoms with Gasteiger partial charge in [0, 0.05) is 12.5 Å². The summed E-state index contributed by atoms with van der Waals surface area (Å²) >= 11 is 0. The third kappa shape index (κ3) is 1.73. The fraction of sp³-hybridized carbons (Fsp3) is 1.00. The van der Waals surface area contributed by atoms with E-state index < -0.39 is 5.67 Å². The van der Waals surface area contributed by atoms with Crippen molar-refractivity contribution in [3.05, 3.63) is 0 Å². The molecular formula is C9H18FN. The molecule has 11 heavy (non-hydrogen) atoms. The van der Waals surface area contributed by atoms with Crippen LogP contribution >= 0.6 is 0 Å². The van der Waals surface area contributed by atoms with E-state index in [2.05, 4.69) is 5.32 Å². The minimum absolute atomic E-state index is 0.132. The van der Waals surface area contributed by atoms with Gasteiger partial charge in [-0.2, -0.15) is 0 Å². The fourth-order valence-corrected chi connectivity index (χ4v) is 1.61. The molecule has 0 saturated carbocycles. The van der Waals surface area contributed by atoms with Gasteiger partial charge in [-0.3, -0.25) is 0 Å². The third-order valence-electron chi connectivity index (χ3n) is 2.99. The molecule has 1 aliphatic heterocycles. The molecule has 2 atom stereocenters. The van der Waals surface area contributed by atoms with Gasteiger partial charge < -0.3 is 5.32 Å². The quantitative estimate of drug-likeness (QED) is 0.649. The monoisotopic (exact) mass is 159 g/mol. The summed E-state index contributed by atoms with van der Waals surface area (Å²) in [4.78, 5) is 0. The minimum Gasteiger partial charge on any atom is -0.316 e. The molecule has 1 nitrogen and oxygen atoms in total. The van der Waals surface area contributed by atoms with Crippen molar-refractivity contribution < 1.29 is 4.39 Å². The summed E-state index contributed by atoms with van der Waals surface area (Å²) in [6.45, 7) is 7.48. The van der Waals surface area contributed by atoms with Crippen molar-refractivity contribution in [2.24, 2.45) is 11.8 Å². The van der Waals surface area contributed by atoms with Crippen LogP contribution in [0.3, 0.4) is 0 Å². The first-order valence-electron chi connectivity index (χ1n) is 4.44. The first-order valence-corrected chi connectivity index (χ1v) is 4.44. The van der Waals surface area contributed by atoms with Gasteiger partial charge in [0.2, 0.25) is 0 Å². The zero-order valence-corrected chi connectivity index (χ0v) is 7.65. The van der Waals surface area contributed by atoms with E-state index in [1.54, 1.807) is 6.92 Å². The second kappa shape index (κ2) is 3.10. The highest BCUT2D eigenvalue weighted by Gasteiger charge is 2.38. The maximum Gasteiger partial charge on any atom is 0.114 e. The van der Waals surface area contributed by atoms with Crippen LogP contribution in [0.4, 0.5) is 4.39 Å². The summed E-state index contributed by atoms with van der Waals surface area (Å²) in [5, 5.41) is 3.19. The molecular weight excluding hydrogens is 141 g/mol. The standard InChI is InChI=1S/C9H18FN/c1-7(2)9(3,10)8-4-5-11-6-8/h7-8,11H,4-6H2,1-3H3. The van der Waals surface area contributed by atoms with Crippen molar-refractivity contribution in [2.45, 2.75) is 32.9 Å². The SMILES string of the molecule is CC(C)C(C)(F)C1CCNC1. The second-order valence-electron chi connectivity index (χ2n) is 4.00. The first-order chi connectivity index (χ1) is 5.05. The smallest absolute Gasteiger partial charge is 0.114 e. The van der Waals surface area contributed by atoms with E-state index in [9.17, 15) is 4.39 Å². The van der Waals surface area contributed by atoms with E-state index in [0.717, 1.165) is 19.5 Å². The van der Waals surface area contributed by atoms with Crippen LogP contribution in [0, 0.1) is 11.8 Å². The number of hydrogen-bond acceptors (Lipinski definition) is 1. The summed E-state index contributed by atoms with van der Waals surface area (Å²) in [5.74, 6) is 0.356. The number of nitrogens with one attached hydrogen (secondary N) is 1. The molecule has 1 fully saturated rings. The van der Waals surface area contributed by atoms with Crippen LogP contribution in [0.2, 0.25) is 0 Å². The van der Waals surface area contributed by atoms with Gasteiger partial charge in [-0.1, -0.05) is 13.8 Å². The van der Waals surface area contributed by atoms with Gasteiger partial charge in [0.05, 0.1) is 0 Å². The molecule has 0 aromatic heterocycles. The zero-order valence-electron chi connectivity index (χ0n) is 7.65. The van der Waals surface area contributed by atoms with Crippen LogP contribution in [-0.4, -0.2) is 18.8 Å². The molecule has 1 N–H and O–H groups in total. The van der Waals surface area contributed by atoms with E-state index in [1.807, 2.05) is 13.8 Å². The Hall–Kier alpha value is -0.110. The predicted octanol–water partition coefficient (Wildman–Crippen LogP) is 1.98. The summed E-state index contributed by atoms with van der Waals surface area (Å²) in [6, 6.07) is 0. The number of rotatable bonds is 2. The Labute approximate surface area is 68.4 Å². The Morgan fingerprint density at radius 1 is 1.55 bits per heavy atom. The maximum absolute atomic E-state index is 13.9. The Bertz CT molecular complexity index is 126. The van der Waals surface area contributed by atoms with E-state index in [0.29, 0.717) is 0 Å². The molecule has 1 heterocycles. The van der Waals surface area contributed by atoms with E-state index in [-0.39, 0.29) is 11.8 Å². The Morgan fingerprint density at radius 3 is 2.55 bits per heavy atom. The van der Waals surface area contributed by atoms with Crippen molar-refractivity contribution >= 4 is 0 Å².